The summed E-state index contributed by atoms with van der Waals surface area (Å²) in [5.41, 5.74) is 2.30. The second-order valence-electron chi connectivity index (χ2n) is 6.33. The highest BCUT2D eigenvalue weighted by molar-refractivity contribution is 7.99. The minimum Gasteiger partial charge on any atom is -0.325 e. The number of thiophene rings is 1. The smallest absolute Gasteiger partial charge is 0.234 e. The average molecular weight is 427 g/mol. The molecule has 0 fully saturated rings. The van der Waals surface area contributed by atoms with Gasteiger partial charge in [-0.2, -0.15) is 0 Å². The van der Waals surface area contributed by atoms with Gasteiger partial charge < -0.3 is 5.32 Å². The second-order valence-corrected chi connectivity index (χ2v) is 8.27. The third kappa shape index (κ3) is 5.21. The van der Waals surface area contributed by atoms with E-state index in [1.54, 1.807) is 41.7 Å². The average Bonchev–Trinajstić information content (AvgIpc) is 3.34. The minimum atomic E-state index is -0.149. The molecule has 6 nitrogen and oxygen atoms in total. The molecule has 3 rings (SSSR count). The molecule has 2 heterocycles. The number of Topliss-reactive ketones (excluding diaryl/α,β-unsaturated/α-hetero) is 1. The van der Waals surface area contributed by atoms with Crippen LogP contribution in [0.15, 0.2) is 53.5 Å². The van der Waals surface area contributed by atoms with Crippen LogP contribution in [0.4, 0.5) is 5.69 Å². The summed E-state index contributed by atoms with van der Waals surface area (Å²) in [4.78, 5) is 24.9. The van der Waals surface area contributed by atoms with Gasteiger partial charge in [0.15, 0.2) is 16.8 Å². The molecule has 1 N–H and O–H groups in total. The molecule has 0 spiro atoms. The van der Waals surface area contributed by atoms with E-state index < -0.39 is 0 Å². The molecule has 1 amide bonds. The van der Waals surface area contributed by atoms with Gasteiger partial charge >= 0.3 is 0 Å². The zero-order valence-corrected chi connectivity index (χ0v) is 18.0. The number of nitrogens with zero attached hydrogens (tertiary/aromatic N) is 3. The molecule has 29 heavy (non-hydrogen) atoms. The van der Waals surface area contributed by atoms with E-state index in [0.29, 0.717) is 23.0 Å². The number of nitrogens with one attached hydrogen (secondary N) is 1. The highest BCUT2D eigenvalue weighted by Gasteiger charge is 2.16. The summed E-state index contributed by atoms with van der Waals surface area (Å²) < 4.78 is 1.97. The lowest BCUT2D eigenvalue weighted by atomic mass is 10.1. The van der Waals surface area contributed by atoms with Crippen molar-refractivity contribution in [2.45, 2.75) is 32.0 Å². The van der Waals surface area contributed by atoms with Crippen molar-refractivity contribution in [3.05, 3.63) is 58.8 Å². The molecule has 150 valence electrons. The lowest BCUT2D eigenvalue weighted by Gasteiger charge is -2.08. The highest BCUT2D eigenvalue weighted by atomic mass is 32.2. The third-order valence-corrected chi connectivity index (χ3v) is 6.24. The first-order valence-electron chi connectivity index (χ1n) is 9.17. The third-order valence-electron chi connectivity index (χ3n) is 4.20. The van der Waals surface area contributed by atoms with E-state index in [0.717, 1.165) is 17.8 Å². The van der Waals surface area contributed by atoms with Crippen molar-refractivity contribution in [1.82, 2.24) is 14.8 Å². The van der Waals surface area contributed by atoms with Gasteiger partial charge in [0, 0.05) is 33.6 Å². The molecule has 0 bridgehead atoms. The van der Waals surface area contributed by atoms with E-state index in [9.17, 15) is 9.59 Å². The Hall–Kier alpha value is -2.71. The van der Waals surface area contributed by atoms with E-state index in [1.807, 2.05) is 4.57 Å². The maximum Gasteiger partial charge on any atom is 0.234 e. The van der Waals surface area contributed by atoms with Gasteiger partial charge in [0.05, 0.1) is 5.75 Å². The van der Waals surface area contributed by atoms with Gasteiger partial charge in [0.2, 0.25) is 5.91 Å². The van der Waals surface area contributed by atoms with Crippen LogP contribution in [0.5, 0.6) is 0 Å². The zero-order valence-electron chi connectivity index (χ0n) is 16.3. The van der Waals surface area contributed by atoms with E-state index in [-0.39, 0.29) is 17.4 Å². The Labute approximate surface area is 178 Å². The number of carbonyl (C=O) groups is 2. The van der Waals surface area contributed by atoms with Gasteiger partial charge in [-0.3, -0.25) is 14.2 Å². The summed E-state index contributed by atoms with van der Waals surface area (Å²) >= 11 is 3.03. The number of anilines is 1. The Morgan fingerprint density at radius 2 is 2.03 bits per heavy atom. The molecule has 1 aromatic carbocycles. The summed E-state index contributed by atoms with van der Waals surface area (Å²) in [6.07, 6.45) is 2.77. The maximum atomic E-state index is 12.3. The molecule has 2 aromatic heterocycles. The number of aryl methyl sites for hydroxylation is 1. The zero-order chi connectivity index (χ0) is 20.8. The lowest BCUT2D eigenvalue weighted by Crippen LogP contribution is -2.14. The summed E-state index contributed by atoms with van der Waals surface area (Å²) in [5, 5.41) is 14.2. The predicted molar refractivity (Wildman–Crippen MR) is 119 cm³/mol. The number of hydrogen-bond acceptors (Lipinski definition) is 6. The van der Waals surface area contributed by atoms with Crippen molar-refractivity contribution in [2.75, 3.05) is 11.1 Å². The molecule has 0 aliphatic rings. The molecular formula is C21H22N4O2S2. The fraction of sp³-hybridized carbons (Fsp3) is 0.238. The summed E-state index contributed by atoms with van der Waals surface area (Å²) in [7, 11) is 0. The van der Waals surface area contributed by atoms with Crippen molar-refractivity contribution in [1.29, 1.82) is 0 Å². The number of rotatable bonds is 9. The minimum absolute atomic E-state index is 0.00697. The number of benzene rings is 1. The SMILES string of the molecule is C=CCn1c(SCC(=O)Nc2ccc(C(C)=O)cc2)nnc1-c1csc(CC)c1. The summed E-state index contributed by atoms with van der Waals surface area (Å²) in [6.45, 7) is 8.02. The van der Waals surface area contributed by atoms with Crippen LogP contribution in [0.2, 0.25) is 0 Å². The Balaban J connectivity index is 1.67. The first kappa shape index (κ1) is 21.0. The van der Waals surface area contributed by atoms with Gasteiger partial charge in [-0.25, -0.2) is 0 Å². The highest BCUT2D eigenvalue weighted by Crippen LogP contribution is 2.28. The van der Waals surface area contributed by atoms with Gasteiger partial charge in [0.1, 0.15) is 0 Å². The number of ketones is 1. The van der Waals surface area contributed by atoms with Crippen LogP contribution < -0.4 is 5.32 Å². The molecule has 8 heteroatoms. The number of aromatic nitrogens is 3. The van der Waals surface area contributed by atoms with Crippen LogP contribution >= 0.6 is 23.1 Å². The summed E-state index contributed by atoms with van der Waals surface area (Å²) in [5.74, 6) is 0.827. The molecule has 0 radical (unpaired) electrons. The first-order valence-corrected chi connectivity index (χ1v) is 11.0. The number of allylic oxidation sites excluding steroid dienone is 1. The number of hydrogen-bond donors (Lipinski definition) is 1. The van der Waals surface area contributed by atoms with Crippen molar-refractivity contribution >= 4 is 40.5 Å². The molecule has 0 saturated heterocycles. The fourth-order valence-corrected chi connectivity index (χ4v) is 4.26. The monoisotopic (exact) mass is 426 g/mol. The van der Waals surface area contributed by atoms with Crippen molar-refractivity contribution in [3.63, 3.8) is 0 Å². The molecule has 0 aliphatic heterocycles. The predicted octanol–water partition coefficient (Wildman–Crippen LogP) is 4.69. The van der Waals surface area contributed by atoms with Gasteiger partial charge in [-0.1, -0.05) is 24.8 Å². The molecule has 0 atom stereocenters. The van der Waals surface area contributed by atoms with Crippen LogP contribution in [-0.4, -0.2) is 32.2 Å². The quantitative estimate of drug-likeness (QED) is 0.305. The number of thioether (sulfide) groups is 1. The van der Waals surface area contributed by atoms with E-state index in [2.05, 4.69) is 40.5 Å². The molecular weight excluding hydrogens is 404 g/mol. The molecule has 0 saturated carbocycles. The van der Waals surface area contributed by atoms with Gasteiger partial charge in [-0.15, -0.1) is 28.1 Å². The van der Waals surface area contributed by atoms with Crippen LogP contribution in [0.3, 0.4) is 0 Å². The second kappa shape index (κ2) is 9.67. The van der Waals surface area contributed by atoms with Gasteiger partial charge in [0.25, 0.3) is 0 Å². The fourth-order valence-electron chi connectivity index (χ4n) is 2.70. The topological polar surface area (TPSA) is 76.9 Å². The van der Waals surface area contributed by atoms with Crippen LogP contribution in [0.1, 0.15) is 29.1 Å². The first-order chi connectivity index (χ1) is 14.0. The van der Waals surface area contributed by atoms with Crippen LogP contribution in [0, 0.1) is 0 Å². The Morgan fingerprint density at radius 3 is 2.66 bits per heavy atom. The van der Waals surface area contributed by atoms with Gasteiger partial charge in [-0.05, 0) is 43.7 Å². The maximum absolute atomic E-state index is 12.3. The Bertz CT molecular complexity index is 1020. The lowest BCUT2D eigenvalue weighted by molar-refractivity contribution is -0.113. The normalized spacial score (nSPS) is 10.7. The molecule has 0 aliphatic carbocycles. The number of amides is 1. The van der Waals surface area contributed by atoms with Crippen molar-refractivity contribution in [2.24, 2.45) is 0 Å². The van der Waals surface area contributed by atoms with Crippen LogP contribution in [-0.2, 0) is 17.8 Å². The van der Waals surface area contributed by atoms with Crippen LogP contribution in [0.25, 0.3) is 11.4 Å². The Morgan fingerprint density at radius 1 is 1.28 bits per heavy atom. The van der Waals surface area contributed by atoms with Crippen molar-refractivity contribution in [3.8, 4) is 11.4 Å². The summed E-state index contributed by atoms with van der Waals surface area (Å²) in [6, 6.07) is 8.96. The van der Waals surface area contributed by atoms with E-state index in [1.165, 1.54) is 23.6 Å². The molecule has 3 aromatic rings. The van der Waals surface area contributed by atoms with Crippen molar-refractivity contribution < 1.29 is 9.59 Å². The number of carbonyl (C=O) groups excluding carboxylic acids is 2. The largest absolute Gasteiger partial charge is 0.325 e. The molecule has 0 unspecified atom stereocenters. The van der Waals surface area contributed by atoms with E-state index in [4.69, 9.17) is 0 Å². The van der Waals surface area contributed by atoms with E-state index >= 15 is 0 Å². The standard InChI is InChI=1S/C21H22N4O2S2/c1-4-10-25-20(16-11-18(5-2)28-12-16)23-24-21(25)29-13-19(27)22-17-8-6-15(7-9-17)14(3)26/h4,6-9,11-12H,1,5,10,13H2,2-3H3,(H,22,27). The Kier molecular flexibility index (Phi) is 7.00.